The number of amides is 2. The molecule has 0 saturated heterocycles. The summed E-state index contributed by atoms with van der Waals surface area (Å²) in [6.45, 7) is 2.53. The van der Waals surface area contributed by atoms with Crippen LogP contribution in [0.1, 0.15) is 57.4 Å². The first-order valence-corrected chi connectivity index (χ1v) is 10.2. The highest BCUT2D eigenvalue weighted by atomic mass is 16.2. The van der Waals surface area contributed by atoms with E-state index in [0.717, 1.165) is 49.1 Å². The first-order chi connectivity index (χ1) is 12.6. The van der Waals surface area contributed by atoms with Crippen molar-refractivity contribution in [1.82, 2.24) is 5.32 Å². The average molecular weight is 354 g/mol. The Morgan fingerprint density at radius 2 is 1.73 bits per heavy atom. The molecule has 4 aliphatic rings. The Balaban J connectivity index is 1.26. The van der Waals surface area contributed by atoms with Gasteiger partial charge >= 0.3 is 0 Å². The zero-order valence-electron chi connectivity index (χ0n) is 15.7. The lowest BCUT2D eigenvalue weighted by Crippen LogP contribution is -2.53. The summed E-state index contributed by atoms with van der Waals surface area (Å²) in [5.74, 6) is 2.46. The van der Waals surface area contributed by atoms with Crippen molar-refractivity contribution < 1.29 is 9.59 Å². The fourth-order valence-electron chi connectivity index (χ4n) is 5.96. The predicted molar refractivity (Wildman–Crippen MR) is 103 cm³/mol. The van der Waals surface area contributed by atoms with Crippen LogP contribution in [0.5, 0.6) is 0 Å². The molecule has 0 aliphatic heterocycles. The van der Waals surface area contributed by atoms with Gasteiger partial charge in [-0.15, -0.1) is 0 Å². The normalized spacial score (nSPS) is 31.7. The van der Waals surface area contributed by atoms with Crippen LogP contribution in [0.4, 0.5) is 5.69 Å². The zero-order chi connectivity index (χ0) is 18.1. The first kappa shape index (κ1) is 17.6. The zero-order valence-corrected chi connectivity index (χ0v) is 15.7. The van der Waals surface area contributed by atoms with Gasteiger partial charge in [0.25, 0.3) is 0 Å². The number of carbonyl (C=O) groups excluding carboxylic acids is 2. The fraction of sp³-hybridized carbons (Fsp3) is 0.636. The summed E-state index contributed by atoms with van der Waals surface area (Å²) in [7, 11) is 0. The summed E-state index contributed by atoms with van der Waals surface area (Å²) in [4.78, 5) is 25.1. The summed E-state index contributed by atoms with van der Waals surface area (Å²) >= 11 is 0. The summed E-state index contributed by atoms with van der Waals surface area (Å²) in [6.07, 6.45) is 8.51. The second-order valence-corrected chi connectivity index (χ2v) is 8.81. The highest BCUT2D eigenvalue weighted by Crippen LogP contribution is 2.60. The Bertz CT molecular complexity index is 662. The van der Waals surface area contributed by atoms with Gasteiger partial charge in [0.05, 0.1) is 0 Å². The smallest absolute Gasteiger partial charge is 0.226 e. The maximum absolute atomic E-state index is 12.9. The molecular formula is C22H30N2O2. The Morgan fingerprint density at radius 1 is 1.08 bits per heavy atom. The molecule has 1 aromatic rings. The summed E-state index contributed by atoms with van der Waals surface area (Å²) < 4.78 is 0. The van der Waals surface area contributed by atoms with E-state index < -0.39 is 0 Å². The molecule has 5 rings (SSSR count). The summed E-state index contributed by atoms with van der Waals surface area (Å²) in [6, 6.07) is 7.93. The van der Waals surface area contributed by atoms with Crippen LogP contribution in [0.15, 0.2) is 24.3 Å². The van der Waals surface area contributed by atoms with Crippen molar-refractivity contribution in [3.8, 4) is 0 Å². The molecule has 0 unspecified atom stereocenters. The Labute approximate surface area is 156 Å². The second-order valence-electron chi connectivity index (χ2n) is 8.81. The van der Waals surface area contributed by atoms with Gasteiger partial charge in [0.2, 0.25) is 11.8 Å². The van der Waals surface area contributed by atoms with E-state index in [9.17, 15) is 9.59 Å². The molecule has 2 N–H and O–H groups in total. The minimum absolute atomic E-state index is 0.0379. The van der Waals surface area contributed by atoms with Crippen LogP contribution in [-0.4, -0.2) is 18.4 Å². The predicted octanol–water partition coefficient (Wildman–Crippen LogP) is 3.91. The molecule has 4 heteroatoms. The monoisotopic (exact) mass is 354 g/mol. The van der Waals surface area contributed by atoms with Gasteiger partial charge in [-0.25, -0.2) is 0 Å². The number of hydrogen-bond donors (Lipinski definition) is 2. The maximum Gasteiger partial charge on any atom is 0.226 e. The van der Waals surface area contributed by atoms with Gasteiger partial charge in [0.1, 0.15) is 0 Å². The van der Waals surface area contributed by atoms with E-state index in [4.69, 9.17) is 0 Å². The molecule has 140 valence electrons. The van der Waals surface area contributed by atoms with Gasteiger partial charge < -0.3 is 10.6 Å². The summed E-state index contributed by atoms with van der Waals surface area (Å²) in [5, 5.41) is 6.01. The number of carbonyl (C=O) groups is 2. The molecule has 4 bridgehead atoms. The van der Waals surface area contributed by atoms with Gasteiger partial charge in [-0.05, 0) is 80.4 Å². The van der Waals surface area contributed by atoms with E-state index in [1.807, 2.05) is 18.2 Å². The Morgan fingerprint density at radius 3 is 2.35 bits per heavy atom. The molecule has 2 amide bonds. The SMILES string of the molecule is CCc1cccc(NC(=O)CCNC(=O)C23CC4CC(CC(C4)C2)C3)c1. The van der Waals surface area contributed by atoms with Gasteiger partial charge in [-0.3, -0.25) is 9.59 Å². The molecular weight excluding hydrogens is 324 g/mol. The lowest BCUT2D eigenvalue weighted by atomic mass is 9.49. The van der Waals surface area contributed by atoms with Crippen LogP contribution in [0.25, 0.3) is 0 Å². The van der Waals surface area contributed by atoms with Crippen LogP contribution in [-0.2, 0) is 16.0 Å². The van der Waals surface area contributed by atoms with Crippen molar-refractivity contribution in [2.24, 2.45) is 23.2 Å². The van der Waals surface area contributed by atoms with Crippen LogP contribution >= 0.6 is 0 Å². The number of anilines is 1. The molecule has 0 atom stereocenters. The molecule has 0 aromatic heterocycles. The first-order valence-electron chi connectivity index (χ1n) is 10.2. The van der Waals surface area contributed by atoms with Crippen molar-refractivity contribution in [2.75, 3.05) is 11.9 Å². The highest BCUT2D eigenvalue weighted by Gasteiger charge is 2.54. The van der Waals surface area contributed by atoms with Gasteiger partial charge in [-0.1, -0.05) is 19.1 Å². The van der Waals surface area contributed by atoms with Crippen molar-refractivity contribution in [2.45, 2.75) is 58.3 Å². The molecule has 26 heavy (non-hydrogen) atoms. The molecule has 4 aliphatic carbocycles. The van der Waals surface area contributed by atoms with Crippen LogP contribution in [0, 0.1) is 23.2 Å². The Kier molecular flexibility index (Phi) is 4.76. The lowest BCUT2D eigenvalue weighted by Gasteiger charge is -2.55. The van der Waals surface area contributed by atoms with Gasteiger partial charge in [-0.2, -0.15) is 0 Å². The van der Waals surface area contributed by atoms with Crippen LogP contribution in [0.3, 0.4) is 0 Å². The van der Waals surface area contributed by atoms with E-state index in [0.29, 0.717) is 13.0 Å². The Hall–Kier alpha value is -1.84. The minimum atomic E-state index is -0.124. The van der Waals surface area contributed by atoms with E-state index in [-0.39, 0.29) is 17.2 Å². The molecule has 4 nitrogen and oxygen atoms in total. The third-order valence-corrected chi connectivity index (χ3v) is 6.78. The third-order valence-electron chi connectivity index (χ3n) is 6.78. The second kappa shape index (κ2) is 7.05. The van der Waals surface area contributed by atoms with Crippen LogP contribution < -0.4 is 10.6 Å². The molecule has 4 fully saturated rings. The largest absolute Gasteiger partial charge is 0.355 e. The molecule has 0 heterocycles. The number of hydrogen-bond acceptors (Lipinski definition) is 2. The number of rotatable bonds is 6. The highest BCUT2D eigenvalue weighted by molar-refractivity contribution is 5.91. The maximum atomic E-state index is 12.9. The van der Waals surface area contributed by atoms with Crippen molar-refractivity contribution in [3.63, 3.8) is 0 Å². The number of nitrogens with one attached hydrogen (secondary N) is 2. The van der Waals surface area contributed by atoms with Crippen molar-refractivity contribution in [1.29, 1.82) is 0 Å². The minimum Gasteiger partial charge on any atom is -0.355 e. The summed E-state index contributed by atoms with van der Waals surface area (Å²) in [5.41, 5.74) is 1.92. The molecule has 4 saturated carbocycles. The fourth-order valence-corrected chi connectivity index (χ4v) is 5.96. The van der Waals surface area contributed by atoms with Crippen molar-refractivity contribution >= 4 is 17.5 Å². The number of aryl methyl sites for hydroxylation is 1. The molecule has 0 spiro atoms. The van der Waals surface area contributed by atoms with E-state index in [2.05, 4.69) is 23.6 Å². The third kappa shape index (κ3) is 3.51. The van der Waals surface area contributed by atoms with Gasteiger partial charge in [0, 0.05) is 24.1 Å². The van der Waals surface area contributed by atoms with E-state index in [1.54, 1.807) is 0 Å². The van der Waals surface area contributed by atoms with E-state index >= 15 is 0 Å². The van der Waals surface area contributed by atoms with Crippen LogP contribution in [0.2, 0.25) is 0 Å². The van der Waals surface area contributed by atoms with Gasteiger partial charge in [0.15, 0.2) is 0 Å². The standard InChI is InChI=1S/C22H30N2O2/c1-2-15-4-3-5-19(11-15)24-20(25)6-7-23-21(26)22-12-16-8-17(13-22)10-18(9-16)14-22/h3-5,11,16-18H,2,6-10,12-14H2,1H3,(H,23,26)(H,24,25). The molecule has 1 aromatic carbocycles. The van der Waals surface area contributed by atoms with E-state index in [1.165, 1.54) is 24.8 Å². The lowest BCUT2D eigenvalue weighted by molar-refractivity contribution is -0.146. The average Bonchev–Trinajstić information content (AvgIpc) is 2.60. The molecule has 0 radical (unpaired) electrons. The number of benzene rings is 1. The van der Waals surface area contributed by atoms with Crippen molar-refractivity contribution in [3.05, 3.63) is 29.8 Å². The topological polar surface area (TPSA) is 58.2 Å². The quantitative estimate of drug-likeness (QED) is 0.814.